The van der Waals surface area contributed by atoms with Crippen LogP contribution in [-0.2, 0) is 0 Å². The molecule has 0 saturated heterocycles. The fourth-order valence-electron chi connectivity index (χ4n) is 6.35. The average Bonchev–Trinajstić information content (AvgIpc) is 3.15. The summed E-state index contributed by atoms with van der Waals surface area (Å²) in [6, 6.07) is 56.3. The number of hydrogen-bond donors (Lipinski definition) is 0. The van der Waals surface area contributed by atoms with Gasteiger partial charge in [0, 0.05) is 27.6 Å². The van der Waals surface area contributed by atoms with Gasteiger partial charge in [0.1, 0.15) is 11.5 Å². The lowest BCUT2D eigenvalue weighted by atomic mass is 9.93. The van der Waals surface area contributed by atoms with Crippen LogP contribution in [0.15, 0.2) is 164 Å². The van der Waals surface area contributed by atoms with Gasteiger partial charge in [-0.25, -0.2) is 15.0 Å². The maximum absolute atomic E-state index is 6.42. The summed E-state index contributed by atoms with van der Waals surface area (Å²) in [5.41, 5.74) is 9.62. The van der Waals surface area contributed by atoms with Crippen molar-refractivity contribution in [3.63, 3.8) is 0 Å². The van der Waals surface area contributed by atoms with Gasteiger partial charge in [-0.3, -0.25) is 0 Å². The van der Waals surface area contributed by atoms with Crippen LogP contribution in [0.25, 0.3) is 78.3 Å². The molecule has 4 nitrogen and oxygen atoms in total. The summed E-state index contributed by atoms with van der Waals surface area (Å²) in [5, 5.41) is 2.35. The van der Waals surface area contributed by atoms with Crippen LogP contribution in [0.5, 0.6) is 11.5 Å². The van der Waals surface area contributed by atoms with Gasteiger partial charge in [0.25, 0.3) is 0 Å². The number of benzene rings is 7. The third-order valence-electron chi connectivity index (χ3n) is 8.75. The molecule has 47 heavy (non-hydrogen) atoms. The van der Waals surface area contributed by atoms with E-state index in [1.165, 1.54) is 21.9 Å². The summed E-state index contributed by atoms with van der Waals surface area (Å²) in [5.74, 6) is 3.67. The molecular formula is C43H27N3O. The van der Waals surface area contributed by atoms with Crippen molar-refractivity contribution in [3.05, 3.63) is 164 Å². The van der Waals surface area contributed by atoms with Gasteiger partial charge in [-0.05, 0) is 51.4 Å². The zero-order valence-corrected chi connectivity index (χ0v) is 25.3. The van der Waals surface area contributed by atoms with Crippen LogP contribution >= 0.6 is 0 Å². The van der Waals surface area contributed by atoms with E-state index < -0.39 is 0 Å². The van der Waals surface area contributed by atoms with Crippen molar-refractivity contribution < 1.29 is 4.74 Å². The van der Waals surface area contributed by atoms with Gasteiger partial charge in [-0.15, -0.1) is 0 Å². The summed E-state index contributed by atoms with van der Waals surface area (Å²) in [7, 11) is 0. The van der Waals surface area contributed by atoms with E-state index in [1.807, 2.05) is 48.5 Å². The molecule has 220 valence electrons. The van der Waals surface area contributed by atoms with E-state index in [4.69, 9.17) is 19.7 Å². The molecule has 1 aliphatic heterocycles. The maximum atomic E-state index is 6.42. The first-order chi connectivity index (χ1) is 23.3. The molecule has 0 radical (unpaired) electrons. The van der Waals surface area contributed by atoms with Crippen LogP contribution in [0, 0.1) is 0 Å². The van der Waals surface area contributed by atoms with E-state index in [9.17, 15) is 0 Å². The molecule has 8 aromatic rings. The molecule has 7 aromatic carbocycles. The molecular weight excluding hydrogens is 574 g/mol. The van der Waals surface area contributed by atoms with Gasteiger partial charge < -0.3 is 4.74 Å². The zero-order chi connectivity index (χ0) is 31.2. The van der Waals surface area contributed by atoms with Gasteiger partial charge in [-0.1, -0.05) is 146 Å². The fourth-order valence-corrected chi connectivity index (χ4v) is 6.35. The number of rotatable bonds is 5. The Morgan fingerprint density at radius 1 is 0.319 bits per heavy atom. The van der Waals surface area contributed by atoms with Crippen LogP contribution < -0.4 is 4.74 Å². The van der Waals surface area contributed by atoms with Crippen LogP contribution in [0.2, 0.25) is 0 Å². The van der Waals surface area contributed by atoms with Crippen LogP contribution in [0.1, 0.15) is 0 Å². The SMILES string of the molecule is c1ccc(-c2ccc(-c3nc(-c4ccccc4)nc(-c4ccc(-c5ccc6c(c5)Oc5cccc7cccc-6c57)cc4)n3)cc2)cc1. The third kappa shape index (κ3) is 4.93. The molecule has 0 N–H and O–H groups in total. The topological polar surface area (TPSA) is 47.9 Å². The van der Waals surface area contributed by atoms with Crippen LogP contribution in [-0.4, -0.2) is 15.0 Å². The highest BCUT2D eigenvalue weighted by Crippen LogP contribution is 2.47. The Hall–Kier alpha value is -6.39. The van der Waals surface area contributed by atoms with E-state index in [0.717, 1.165) is 50.4 Å². The number of ether oxygens (including phenoxy) is 1. The Labute approximate surface area is 272 Å². The lowest BCUT2D eigenvalue weighted by Gasteiger charge is -2.22. The van der Waals surface area contributed by atoms with Crippen molar-refractivity contribution in [2.45, 2.75) is 0 Å². The van der Waals surface area contributed by atoms with Gasteiger partial charge in [0.05, 0.1) is 0 Å². The van der Waals surface area contributed by atoms with Gasteiger partial charge in [0.2, 0.25) is 0 Å². The quantitative estimate of drug-likeness (QED) is 0.197. The predicted octanol–water partition coefficient (Wildman–Crippen LogP) is 11.1. The van der Waals surface area contributed by atoms with Crippen molar-refractivity contribution in [2.75, 3.05) is 0 Å². The van der Waals surface area contributed by atoms with E-state index >= 15 is 0 Å². The van der Waals surface area contributed by atoms with Crippen molar-refractivity contribution in [2.24, 2.45) is 0 Å². The first-order valence-electron chi connectivity index (χ1n) is 15.7. The maximum Gasteiger partial charge on any atom is 0.164 e. The van der Waals surface area contributed by atoms with E-state index in [0.29, 0.717) is 17.5 Å². The number of fused-ring (bicyclic) bond motifs is 2. The van der Waals surface area contributed by atoms with Crippen LogP contribution in [0.4, 0.5) is 0 Å². The first-order valence-corrected chi connectivity index (χ1v) is 15.7. The smallest absolute Gasteiger partial charge is 0.164 e. The lowest BCUT2D eigenvalue weighted by Crippen LogP contribution is -2.00. The molecule has 4 heteroatoms. The minimum atomic E-state index is 0.631. The molecule has 0 saturated carbocycles. The highest BCUT2D eigenvalue weighted by atomic mass is 16.5. The normalized spacial score (nSPS) is 11.6. The Bertz CT molecular complexity index is 2400. The van der Waals surface area contributed by atoms with Crippen molar-refractivity contribution in [1.82, 2.24) is 15.0 Å². The summed E-state index contributed by atoms with van der Waals surface area (Å²) >= 11 is 0. The van der Waals surface area contributed by atoms with Gasteiger partial charge in [-0.2, -0.15) is 0 Å². The second-order valence-corrected chi connectivity index (χ2v) is 11.7. The summed E-state index contributed by atoms with van der Waals surface area (Å²) < 4.78 is 6.42. The van der Waals surface area contributed by atoms with Crippen molar-refractivity contribution in [3.8, 4) is 79.0 Å². The lowest BCUT2D eigenvalue weighted by molar-refractivity contribution is 0.487. The molecule has 0 fully saturated rings. The van der Waals surface area contributed by atoms with Crippen molar-refractivity contribution >= 4 is 10.8 Å². The molecule has 0 unspecified atom stereocenters. The minimum absolute atomic E-state index is 0.631. The Kier molecular flexibility index (Phi) is 6.43. The summed E-state index contributed by atoms with van der Waals surface area (Å²) in [4.78, 5) is 14.8. The Morgan fingerprint density at radius 3 is 1.40 bits per heavy atom. The van der Waals surface area contributed by atoms with E-state index in [-0.39, 0.29) is 0 Å². The number of nitrogens with zero attached hydrogens (tertiary/aromatic N) is 3. The monoisotopic (exact) mass is 601 g/mol. The van der Waals surface area contributed by atoms with E-state index in [2.05, 4.69) is 115 Å². The molecule has 9 rings (SSSR count). The Morgan fingerprint density at radius 2 is 0.787 bits per heavy atom. The number of hydrogen-bond acceptors (Lipinski definition) is 4. The van der Waals surface area contributed by atoms with Crippen molar-refractivity contribution in [1.29, 1.82) is 0 Å². The molecule has 0 spiro atoms. The molecule has 0 atom stereocenters. The van der Waals surface area contributed by atoms with Gasteiger partial charge in [0.15, 0.2) is 17.5 Å². The predicted molar refractivity (Wildman–Crippen MR) is 190 cm³/mol. The standard InChI is InChI=1S/C43H27N3O/c1-3-9-28(10-4-1)29-17-21-33(22-18-29)42-44-41(32-11-5-2-6-12-32)45-43(46-42)34-23-19-30(20-24-34)35-25-26-36-37-15-7-13-31-14-8-16-38(40(31)37)47-39(36)27-35/h1-27H. The second-order valence-electron chi connectivity index (χ2n) is 11.7. The molecule has 0 amide bonds. The highest BCUT2D eigenvalue weighted by molar-refractivity contribution is 6.04. The molecule has 1 aliphatic rings. The Balaban J connectivity index is 1.07. The molecule has 2 heterocycles. The van der Waals surface area contributed by atoms with Gasteiger partial charge >= 0.3 is 0 Å². The summed E-state index contributed by atoms with van der Waals surface area (Å²) in [6.07, 6.45) is 0. The highest BCUT2D eigenvalue weighted by Gasteiger charge is 2.20. The first kappa shape index (κ1) is 27.0. The molecule has 0 bridgehead atoms. The fraction of sp³-hybridized carbons (Fsp3) is 0. The number of aromatic nitrogens is 3. The molecule has 1 aromatic heterocycles. The van der Waals surface area contributed by atoms with Crippen LogP contribution in [0.3, 0.4) is 0 Å². The zero-order valence-electron chi connectivity index (χ0n) is 25.3. The second kappa shape index (κ2) is 11.2. The largest absolute Gasteiger partial charge is 0.456 e. The molecule has 0 aliphatic carbocycles. The van der Waals surface area contributed by atoms with E-state index in [1.54, 1.807) is 0 Å². The minimum Gasteiger partial charge on any atom is -0.456 e. The third-order valence-corrected chi connectivity index (χ3v) is 8.75. The average molecular weight is 602 g/mol. The summed E-state index contributed by atoms with van der Waals surface area (Å²) in [6.45, 7) is 0.